The van der Waals surface area contributed by atoms with E-state index in [1.807, 2.05) is 0 Å². The lowest BCUT2D eigenvalue weighted by atomic mass is 9.48. The van der Waals surface area contributed by atoms with Crippen LogP contribution < -0.4 is 0 Å². The maximum atomic E-state index is 11.5. The van der Waals surface area contributed by atoms with Crippen LogP contribution in [-0.4, -0.2) is 22.3 Å². The molecule has 0 aliphatic heterocycles. The first kappa shape index (κ1) is 16.3. The number of nitro groups is 1. The van der Waals surface area contributed by atoms with Crippen LogP contribution in [0.3, 0.4) is 0 Å². The van der Waals surface area contributed by atoms with Crippen LogP contribution in [0.25, 0.3) is 0 Å². The number of phenols is 1. The molecular weight excluding hydrogens is 328 g/mol. The van der Waals surface area contributed by atoms with Crippen LogP contribution >= 0.6 is 0 Å². The fourth-order valence-corrected chi connectivity index (χ4v) is 6.41. The second kappa shape index (κ2) is 5.80. The molecule has 1 aromatic rings. The number of phenolic OH excluding ortho intramolecular Hbond substituents is 1. The van der Waals surface area contributed by atoms with Crippen molar-refractivity contribution in [3.63, 3.8) is 0 Å². The highest BCUT2D eigenvalue weighted by atomic mass is 16.6. The Labute approximate surface area is 153 Å². The Kier molecular flexibility index (Phi) is 3.63. The van der Waals surface area contributed by atoms with E-state index in [4.69, 9.17) is 0 Å². The molecule has 0 radical (unpaired) electrons. The van der Waals surface area contributed by atoms with Crippen molar-refractivity contribution in [2.45, 2.75) is 69.2 Å². The van der Waals surface area contributed by atoms with Gasteiger partial charge in [-0.2, -0.15) is 0 Å². The SMILES string of the molecule is O=[N+]([O-])c1cc(C=NC2CCC2)c(O)c(C23CC4CC(CC(C4)C2)C3)c1. The number of hydrogen-bond acceptors (Lipinski definition) is 4. The summed E-state index contributed by atoms with van der Waals surface area (Å²) in [4.78, 5) is 15.7. The van der Waals surface area contributed by atoms with Crippen LogP contribution in [0.5, 0.6) is 5.75 Å². The van der Waals surface area contributed by atoms with Crippen LogP contribution in [0.2, 0.25) is 0 Å². The molecule has 0 unspecified atom stereocenters. The van der Waals surface area contributed by atoms with Gasteiger partial charge in [0.2, 0.25) is 0 Å². The fraction of sp³-hybridized carbons (Fsp3) is 0.667. The van der Waals surface area contributed by atoms with Crippen molar-refractivity contribution in [2.24, 2.45) is 22.7 Å². The van der Waals surface area contributed by atoms with E-state index in [0.717, 1.165) is 55.4 Å². The molecule has 6 rings (SSSR count). The number of non-ortho nitro benzene ring substituents is 1. The molecule has 4 bridgehead atoms. The highest BCUT2D eigenvalue weighted by Gasteiger charge is 2.52. The topological polar surface area (TPSA) is 75.7 Å². The lowest BCUT2D eigenvalue weighted by molar-refractivity contribution is -0.385. The zero-order valence-electron chi connectivity index (χ0n) is 15.1. The fourth-order valence-electron chi connectivity index (χ4n) is 6.41. The molecule has 5 aliphatic carbocycles. The van der Waals surface area contributed by atoms with Gasteiger partial charge in [0.15, 0.2) is 0 Å². The molecule has 26 heavy (non-hydrogen) atoms. The molecule has 1 aromatic carbocycles. The Morgan fingerprint density at radius 3 is 2.23 bits per heavy atom. The molecule has 0 spiro atoms. The minimum absolute atomic E-state index is 0.0656. The zero-order valence-corrected chi connectivity index (χ0v) is 15.1. The summed E-state index contributed by atoms with van der Waals surface area (Å²) in [5, 5.41) is 22.6. The Morgan fingerprint density at radius 1 is 1.12 bits per heavy atom. The number of nitrogens with zero attached hydrogens (tertiary/aromatic N) is 2. The summed E-state index contributed by atoms with van der Waals surface area (Å²) < 4.78 is 0. The molecule has 5 fully saturated rings. The third-order valence-corrected chi connectivity index (χ3v) is 7.44. The Hall–Kier alpha value is -1.91. The second-order valence-corrected chi connectivity index (χ2v) is 9.25. The predicted molar refractivity (Wildman–Crippen MR) is 99.8 cm³/mol. The first-order valence-corrected chi connectivity index (χ1v) is 10.1. The number of hydrogen-bond donors (Lipinski definition) is 1. The molecule has 5 saturated carbocycles. The summed E-state index contributed by atoms with van der Waals surface area (Å²) in [6, 6.07) is 3.46. The average molecular weight is 354 g/mol. The summed E-state index contributed by atoms with van der Waals surface area (Å²) in [6.07, 6.45) is 12.2. The van der Waals surface area contributed by atoms with Crippen molar-refractivity contribution in [2.75, 3.05) is 0 Å². The average Bonchev–Trinajstić information content (AvgIpc) is 2.53. The summed E-state index contributed by atoms with van der Waals surface area (Å²) in [5.41, 5.74) is 1.37. The van der Waals surface area contributed by atoms with Gasteiger partial charge in [0.25, 0.3) is 5.69 Å². The maximum absolute atomic E-state index is 11.5. The van der Waals surface area contributed by atoms with Gasteiger partial charge in [0.1, 0.15) is 5.75 Å². The van der Waals surface area contributed by atoms with Crippen molar-refractivity contribution in [1.82, 2.24) is 0 Å². The number of nitro benzene ring substituents is 1. The van der Waals surface area contributed by atoms with Crippen LogP contribution in [0.1, 0.15) is 68.9 Å². The van der Waals surface area contributed by atoms with E-state index in [9.17, 15) is 15.2 Å². The minimum Gasteiger partial charge on any atom is -0.507 e. The predicted octanol–water partition coefficient (Wildman–Crippen LogP) is 4.74. The molecule has 0 saturated heterocycles. The minimum atomic E-state index is -0.329. The Morgan fingerprint density at radius 2 is 1.73 bits per heavy atom. The Bertz CT molecular complexity index is 746. The zero-order chi connectivity index (χ0) is 17.9. The van der Waals surface area contributed by atoms with Crippen molar-refractivity contribution < 1.29 is 10.0 Å². The molecule has 5 aliphatic rings. The van der Waals surface area contributed by atoms with Crippen molar-refractivity contribution >= 4 is 11.9 Å². The second-order valence-electron chi connectivity index (χ2n) is 9.25. The van der Waals surface area contributed by atoms with Gasteiger partial charge >= 0.3 is 0 Å². The van der Waals surface area contributed by atoms with Crippen LogP contribution in [0.4, 0.5) is 5.69 Å². The Balaban J connectivity index is 1.58. The van der Waals surface area contributed by atoms with Gasteiger partial charge in [-0.25, -0.2) is 0 Å². The lowest BCUT2D eigenvalue weighted by Crippen LogP contribution is -2.48. The van der Waals surface area contributed by atoms with Gasteiger partial charge in [-0.3, -0.25) is 15.1 Å². The van der Waals surface area contributed by atoms with E-state index >= 15 is 0 Å². The smallest absolute Gasteiger partial charge is 0.270 e. The first-order valence-electron chi connectivity index (χ1n) is 10.1. The summed E-state index contributed by atoms with van der Waals surface area (Å²) >= 11 is 0. The van der Waals surface area contributed by atoms with Gasteiger partial charge in [0.05, 0.1) is 4.92 Å². The summed E-state index contributed by atoms with van der Waals surface area (Å²) in [5.74, 6) is 2.42. The number of benzene rings is 1. The van der Waals surface area contributed by atoms with Gasteiger partial charge in [-0.05, 0) is 75.5 Å². The highest BCUT2D eigenvalue weighted by Crippen LogP contribution is 2.62. The third kappa shape index (κ3) is 2.55. The molecule has 138 valence electrons. The number of aromatic hydroxyl groups is 1. The molecule has 0 aromatic heterocycles. The van der Waals surface area contributed by atoms with Crippen LogP contribution in [0, 0.1) is 27.9 Å². The summed E-state index contributed by atoms with van der Waals surface area (Å²) in [6.45, 7) is 0. The van der Waals surface area contributed by atoms with Gasteiger partial charge in [-0.15, -0.1) is 0 Å². The maximum Gasteiger partial charge on any atom is 0.270 e. The van der Waals surface area contributed by atoms with Crippen LogP contribution in [0.15, 0.2) is 17.1 Å². The lowest BCUT2D eigenvalue weighted by Gasteiger charge is -2.57. The van der Waals surface area contributed by atoms with Gasteiger partial charge in [0, 0.05) is 40.9 Å². The molecule has 0 atom stereocenters. The van der Waals surface area contributed by atoms with Gasteiger partial charge < -0.3 is 5.11 Å². The van der Waals surface area contributed by atoms with Crippen molar-refractivity contribution in [3.8, 4) is 5.75 Å². The normalized spacial score (nSPS) is 35.8. The van der Waals surface area contributed by atoms with E-state index in [1.54, 1.807) is 12.3 Å². The standard InChI is InChI=1S/C21H26N2O3/c24-20-16(12-22-17-2-1-3-17)7-18(23(25)26)8-19(20)21-9-13-4-14(10-21)6-15(5-13)11-21/h7-8,12-15,17,24H,1-6,9-11H2. The van der Waals surface area contributed by atoms with E-state index in [2.05, 4.69) is 4.99 Å². The third-order valence-electron chi connectivity index (χ3n) is 7.44. The molecule has 0 amide bonds. The van der Waals surface area contributed by atoms with E-state index in [1.165, 1.54) is 31.7 Å². The monoisotopic (exact) mass is 354 g/mol. The van der Waals surface area contributed by atoms with E-state index in [-0.39, 0.29) is 21.8 Å². The van der Waals surface area contributed by atoms with E-state index in [0.29, 0.717) is 11.6 Å². The summed E-state index contributed by atoms with van der Waals surface area (Å²) in [7, 11) is 0. The molecule has 1 N–H and O–H groups in total. The first-order chi connectivity index (χ1) is 12.5. The van der Waals surface area contributed by atoms with Crippen molar-refractivity contribution in [1.29, 1.82) is 0 Å². The number of rotatable bonds is 4. The molecule has 5 nitrogen and oxygen atoms in total. The van der Waals surface area contributed by atoms with Crippen LogP contribution in [-0.2, 0) is 5.41 Å². The highest BCUT2D eigenvalue weighted by molar-refractivity contribution is 5.86. The van der Waals surface area contributed by atoms with Gasteiger partial charge in [-0.1, -0.05) is 0 Å². The van der Waals surface area contributed by atoms with Crippen molar-refractivity contribution in [3.05, 3.63) is 33.4 Å². The quantitative estimate of drug-likeness (QED) is 0.482. The van der Waals surface area contributed by atoms with E-state index < -0.39 is 0 Å². The number of aliphatic imine (C=N–C) groups is 1. The molecule has 5 heteroatoms. The molecular formula is C21H26N2O3. The largest absolute Gasteiger partial charge is 0.507 e. The molecule has 0 heterocycles.